The summed E-state index contributed by atoms with van der Waals surface area (Å²) in [5, 5.41) is 2.61. The Labute approximate surface area is 194 Å². The molecule has 0 saturated carbocycles. The number of nitrogens with one attached hydrogen (secondary N) is 1. The van der Waals surface area contributed by atoms with Gasteiger partial charge in [-0.15, -0.1) is 11.3 Å². The number of nitrogens with two attached hydrogens (primary N) is 1. The Bertz CT molecular complexity index is 1160. The van der Waals surface area contributed by atoms with Gasteiger partial charge in [0.05, 0.1) is 18.8 Å². The van der Waals surface area contributed by atoms with Crippen LogP contribution in [0.2, 0.25) is 0 Å². The first kappa shape index (κ1) is 24.5. The molecule has 3 aromatic rings. The Morgan fingerprint density at radius 3 is 2.73 bits per heavy atom. The van der Waals surface area contributed by atoms with Crippen LogP contribution >= 0.6 is 11.3 Å². The molecule has 0 bridgehead atoms. The van der Waals surface area contributed by atoms with Gasteiger partial charge in [0, 0.05) is 25.6 Å². The zero-order chi connectivity index (χ0) is 23.8. The average Bonchev–Trinajstić information content (AvgIpc) is 3.24. The number of hydrogen-bond donors (Lipinski definition) is 2. The molecule has 0 atom stereocenters. The summed E-state index contributed by atoms with van der Waals surface area (Å²) in [5.41, 5.74) is 6.16. The first-order chi connectivity index (χ1) is 15.9. The summed E-state index contributed by atoms with van der Waals surface area (Å²) in [4.78, 5) is 33.7. The third-order valence-corrected chi connectivity index (χ3v) is 5.83. The number of aromatic nitrogens is 3. The standard InChI is InChI=1S/C22H28FN5O4S/c1-3-4-9-28-20(24)19(21(29)26-22(28)30)27(10-11-31-2)12-16-14-33-18(25-16)13-32-17-7-5-15(23)6-8-17/h5-8,14H,3-4,9-13,24H2,1-2H3,(H,26,29,30). The highest BCUT2D eigenvalue weighted by Gasteiger charge is 2.20. The van der Waals surface area contributed by atoms with Crippen molar-refractivity contribution in [3.05, 3.63) is 67.0 Å². The summed E-state index contributed by atoms with van der Waals surface area (Å²) in [6.45, 7) is 3.71. The highest BCUT2D eigenvalue weighted by Crippen LogP contribution is 2.21. The molecule has 0 unspecified atom stereocenters. The number of anilines is 2. The van der Waals surface area contributed by atoms with E-state index in [9.17, 15) is 14.0 Å². The molecule has 0 aliphatic rings. The Morgan fingerprint density at radius 1 is 1.27 bits per heavy atom. The Balaban J connectivity index is 1.80. The maximum Gasteiger partial charge on any atom is 0.330 e. The summed E-state index contributed by atoms with van der Waals surface area (Å²) in [6, 6.07) is 5.77. The fraction of sp³-hybridized carbons (Fsp3) is 0.409. The maximum absolute atomic E-state index is 13.0. The number of ether oxygens (including phenoxy) is 2. The number of nitrogen functional groups attached to an aromatic ring is 1. The van der Waals surface area contributed by atoms with E-state index < -0.39 is 11.2 Å². The Morgan fingerprint density at radius 2 is 2.03 bits per heavy atom. The first-order valence-electron chi connectivity index (χ1n) is 10.6. The molecule has 178 valence electrons. The minimum atomic E-state index is -0.545. The van der Waals surface area contributed by atoms with E-state index in [0.29, 0.717) is 32.0 Å². The van der Waals surface area contributed by atoms with E-state index in [4.69, 9.17) is 15.2 Å². The van der Waals surface area contributed by atoms with Gasteiger partial charge >= 0.3 is 5.69 Å². The summed E-state index contributed by atoms with van der Waals surface area (Å²) < 4.78 is 25.3. The van der Waals surface area contributed by atoms with Gasteiger partial charge in [0.2, 0.25) is 0 Å². The monoisotopic (exact) mass is 477 g/mol. The molecule has 0 amide bonds. The van der Waals surface area contributed by atoms with E-state index in [1.165, 1.54) is 28.0 Å². The molecule has 2 aromatic heterocycles. The van der Waals surface area contributed by atoms with Crippen molar-refractivity contribution in [2.24, 2.45) is 0 Å². The van der Waals surface area contributed by atoms with Crippen molar-refractivity contribution >= 4 is 22.8 Å². The number of H-pyrrole nitrogens is 1. The van der Waals surface area contributed by atoms with Gasteiger partial charge in [-0.25, -0.2) is 14.2 Å². The lowest BCUT2D eigenvalue weighted by molar-refractivity contribution is 0.205. The minimum absolute atomic E-state index is 0.128. The van der Waals surface area contributed by atoms with Gasteiger partial charge in [-0.1, -0.05) is 13.3 Å². The van der Waals surface area contributed by atoms with E-state index >= 15 is 0 Å². The SMILES string of the molecule is CCCCn1c(N)c(N(CCOC)Cc2csc(COc3ccc(F)cc3)n2)c(=O)[nH]c1=O. The van der Waals surface area contributed by atoms with E-state index in [2.05, 4.69) is 9.97 Å². The zero-order valence-electron chi connectivity index (χ0n) is 18.7. The molecule has 3 rings (SSSR count). The second-order valence-electron chi connectivity index (χ2n) is 7.39. The fourth-order valence-corrected chi connectivity index (χ4v) is 3.95. The van der Waals surface area contributed by atoms with Crippen LogP contribution in [0.25, 0.3) is 0 Å². The molecule has 3 N–H and O–H groups in total. The van der Waals surface area contributed by atoms with Crippen LogP contribution in [0.4, 0.5) is 15.9 Å². The van der Waals surface area contributed by atoms with Gasteiger partial charge in [0.25, 0.3) is 5.56 Å². The zero-order valence-corrected chi connectivity index (χ0v) is 19.5. The summed E-state index contributed by atoms with van der Waals surface area (Å²) in [5.74, 6) is 0.345. The lowest BCUT2D eigenvalue weighted by Gasteiger charge is -2.25. The number of methoxy groups -OCH3 is 1. The largest absolute Gasteiger partial charge is 0.486 e. The first-order valence-corrected chi connectivity index (χ1v) is 11.5. The molecule has 0 fully saturated rings. The van der Waals surface area contributed by atoms with Crippen LogP contribution in [0.15, 0.2) is 39.2 Å². The van der Waals surface area contributed by atoms with Gasteiger partial charge in [0.1, 0.15) is 34.7 Å². The predicted molar refractivity (Wildman–Crippen MR) is 126 cm³/mol. The van der Waals surface area contributed by atoms with Crippen LogP contribution in [0.3, 0.4) is 0 Å². The van der Waals surface area contributed by atoms with Crippen molar-refractivity contribution in [2.45, 2.75) is 39.5 Å². The number of nitrogens with zero attached hydrogens (tertiary/aromatic N) is 3. The number of aromatic amines is 1. The number of rotatable bonds is 12. The summed E-state index contributed by atoms with van der Waals surface area (Å²) in [6.07, 6.45) is 1.65. The number of unbranched alkanes of at least 4 members (excludes halogenated alkanes) is 1. The van der Waals surface area contributed by atoms with Gasteiger partial charge in [-0.2, -0.15) is 0 Å². The Hall–Kier alpha value is -3.18. The molecule has 9 nitrogen and oxygen atoms in total. The van der Waals surface area contributed by atoms with Crippen LogP contribution < -0.4 is 26.6 Å². The molecule has 1 aromatic carbocycles. The highest BCUT2D eigenvalue weighted by molar-refractivity contribution is 7.09. The van der Waals surface area contributed by atoms with Gasteiger partial charge in [-0.05, 0) is 30.7 Å². The molecular formula is C22H28FN5O4S. The van der Waals surface area contributed by atoms with Crippen molar-refractivity contribution in [3.63, 3.8) is 0 Å². The maximum atomic E-state index is 13.0. The van der Waals surface area contributed by atoms with Crippen molar-refractivity contribution < 1.29 is 13.9 Å². The fourth-order valence-electron chi connectivity index (χ4n) is 3.25. The van der Waals surface area contributed by atoms with Crippen LogP contribution in [-0.4, -0.2) is 34.8 Å². The normalized spacial score (nSPS) is 11.0. The lowest BCUT2D eigenvalue weighted by atomic mass is 10.3. The van der Waals surface area contributed by atoms with Crippen molar-refractivity contribution in [1.29, 1.82) is 0 Å². The molecule has 2 heterocycles. The predicted octanol–water partition coefficient (Wildman–Crippen LogP) is 2.75. The number of benzene rings is 1. The summed E-state index contributed by atoms with van der Waals surface area (Å²) in [7, 11) is 1.57. The van der Waals surface area contributed by atoms with Crippen LogP contribution in [0.1, 0.15) is 30.5 Å². The van der Waals surface area contributed by atoms with E-state index in [1.54, 1.807) is 24.1 Å². The van der Waals surface area contributed by atoms with Gasteiger partial charge in [0.15, 0.2) is 0 Å². The van der Waals surface area contributed by atoms with Crippen molar-refractivity contribution in [2.75, 3.05) is 30.9 Å². The van der Waals surface area contributed by atoms with Crippen LogP contribution in [0.5, 0.6) is 5.75 Å². The quantitative estimate of drug-likeness (QED) is 0.412. The number of thiazole rings is 1. The molecule has 0 aliphatic carbocycles. The molecule has 0 radical (unpaired) electrons. The molecule has 0 aliphatic heterocycles. The van der Waals surface area contributed by atoms with E-state index in [1.807, 2.05) is 12.3 Å². The molecule has 0 saturated heterocycles. The van der Waals surface area contributed by atoms with Crippen molar-refractivity contribution in [3.8, 4) is 5.75 Å². The van der Waals surface area contributed by atoms with Crippen LogP contribution in [-0.2, 0) is 24.4 Å². The smallest absolute Gasteiger partial charge is 0.330 e. The van der Waals surface area contributed by atoms with Crippen LogP contribution in [0, 0.1) is 5.82 Å². The summed E-state index contributed by atoms with van der Waals surface area (Å²) >= 11 is 1.42. The third-order valence-electron chi connectivity index (χ3n) is 4.96. The second-order valence-corrected chi connectivity index (χ2v) is 8.33. The Kier molecular flexibility index (Phi) is 8.61. The average molecular weight is 478 g/mol. The molecule has 0 spiro atoms. The topological polar surface area (TPSA) is 115 Å². The molecule has 33 heavy (non-hydrogen) atoms. The molecule has 11 heteroatoms. The van der Waals surface area contributed by atoms with E-state index in [-0.39, 0.29) is 23.9 Å². The highest BCUT2D eigenvalue weighted by atomic mass is 32.1. The van der Waals surface area contributed by atoms with Crippen molar-refractivity contribution in [1.82, 2.24) is 14.5 Å². The molecular weight excluding hydrogens is 449 g/mol. The number of halogens is 1. The number of hydrogen-bond acceptors (Lipinski definition) is 8. The lowest BCUT2D eigenvalue weighted by Crippen LogP contribution is -2.39. The van der Waals surface area contributed by atoms with E-state index in [0.717, 1.165) is 23.5 Å². The van der Waals surface area contributed by atoms with Gasteiger partial charge < -0.3 is 20.1 Å². The van der Waals surface area contributed by atoms with Gasteiger partial charge in [-0.3, -0.25) is 14.3 Å². The second kappa shape index (κ2) is 11.6. The third kappa shape index (κ3) is 6.42. The minimum Gasteiger partial charge on any atom is -0.486 e.